The molecule has 1 aliphatic carbocycles. The van der Waals surface area contributed by atoms with Gasteiger partial charge in [-0.3, -0.25) is 9.11 Å². The third-order valence-corrected chi connectivity index (χ3v) is 5.81. The Morgan fingerprint density at radius 3 is 2.25 bits per heavy atom. The molecule has 1 saturated carbocycles. The Hall–Kier alpha value is -0.550. The summed E-state index contributed by atoms with van der Waals surface area (Å²) in [6.07, 6.45) is 3.39. The van der Waals surface area contributed by atoms with Crippen molar-refractivity contribution >= 4 is 10.8 Å². The van der Waals surface area contributed by atoms with Gasteiger partial charge in [0, 0.05) is 13.1 Å². The molecular formula is C16H27NO2S. The zero-order valence-electron chi connectivity index (χ0n) is 12.7. The third kappa shape index (κ3) is 3.76. The second-order valence-corrected chi connectivity index (χ2v) is 8.10. The van der Waals surface area contributed by atoms with E-state index in [1.54, 1.807) is 0 Å². The van der Waals surface area contributed by atoms with Gasteiger partial charge in [0.2, 0.25) is 0 Å². The molecule has 3 nitrogen and oxygen atoms in total. The van der Waals surface area contributed by atoms with Crippen molar-refractivity contribution in [1.29, 1.82) is 0 Å². The minimum atomic E-state index is -2.83. The van der Waals surface area contributed by atoms with E-state index in [9.17, 15) is 9.11 Å². The highest BCUT2D eigenvalue weighted by molar-refractivity contribution is 8.22. The minimum Gasteiger partial charge on any atom is -0.281 e. The summed E-state index contributed by atoms with van der Waals surface area (Å²) in [6.45, 7) is 7.91. The number of hydrogen-bond donors (Lipinski definition) is 2. The maximum atomic E-state index is 10.6. The number of hydrogen-bond acceptors (Lipinski definition) is 3. The Morgan fingerprint density at radius 1 is 1.20 bits per heavy atom. The molecule has 0 heterocycles. The first-order valence-corrected chi connectivity index (χ1v) is 9.08. The van der Waals surface area contributed by atoms with Crippen LogP contribution < -0.4 is 0 Å². The lowest BCUT2D eigenvalue weighted by molar-refractivity contribution is 0.337. The fraction of sp³-hybridized carbons (Fsp3) is 0.625. The number of nitrogens with zero attached hydrogens (tertiary/aromatic N) is 1. The highest BCUT2D eigenvalue weighted by atomic mass is 32.3. The Labute approximate surface area is 124 Å². The highest BCUT2D eigenvalue weighted by Crippen LogP contribution is 2.53. The summed E-state index contributed by atoms with van der Waals surface area (Å²) in [5, 5.41) is 0. The average Bonchev–Trinajstić information content (AvgIpc) is 3.22. The molecule has 114 valence electrons. The largest absolute Gasteiger partial charge is 0.281 e. The van der Waals surface area contributed by atoms with Crippen LogP contribution >= 0.6 is 10.8 Å². The standard InChI is InChI=1S/C16H27NO2S/c1-4-11-17(12-14-5-6-14)20(18,19)16-9-7-15(8-10-16)13(2)3/h7-10,13-14,18-19H,4-6,11-12H2,1-3H3. The van der Waals surface area contributed by atoms with Gasteiger partial charge in [0.25, 0.3) is 0 Å². The average molecular weight is 297 g/mol. The van der Waals surface area contributed by atoms with Gasteiger partial charge >= 0.3 is 0 Å². The van der Waals surface area contributed by atoms with Crippen molar-refractivity contribution < 1.29 is 9.11 Å². The molecule has 0 saturated heterocycles. The molecule has 1 aliphatic rings. The Kier molecular flexibility index (Phi) is 5.13. The van der Waals surface area contributed by atoms with Crippen LogP contribution in [0.3, 0.4) is 0 Å². The summed E-state index contributed by atoms with van der Waals surface area (Å²) in [7, 11) is -2.83. The van der Waals surface area contributed by atoms with Crippen LogP contribution in [0.25, 0.3) is 0 Å². The molecule has 20 heavy (non-hydrogen) atoms. The van der Waals surface area contributed by atoms with Crippen molar-refractivity contribution in [2.24, 2.45) is 5.92 Å². The molecule has 0 bridgehead atoms. The summed E-state index contributed by atoms with van der Waals surface area (Å²) >= 11 is 0. The molecule has 0 radical (unpaired) electrons. The van der Waals surface area contributed by atoms with Crippen LogP contribution in [0.1, 0.15) is 51.5 Å². The van der Waals surface area contributed by atoms with Gasteiger partial charge in [-0.15, -0.1) is 10.8 Å². The maximum absolute atomic E-state index is 10.6. The van der Waals surface area contributed by atoms with Gasteiger partial charge < -0.3 is 0 Å². The van der Waals surface area contributed by atoms with Gasteiger partial charge in [0.15, 0.2) is 0 Å². The van der Waals surface area contributed by atoms with E-state index in [1.165, 1.54) is 18.4 Å². The van der Waals surface area contributed by atoms with Crippen molar-refractivity contribution in [3.8, 4) is 0 Å². The summed E-state index contributed by atoms with van der Waals surface area (Å²) < 4.78 is 23.2. The van der Waals surface area contributed by atoms with Crippen LogP contribution in [-0.2, 0) is 0 Å². The Morgan fingerprint density at radius 2 is 1.80 bits per heavy atom. The van der Waals surface area contributed by atoms with Gasteiger partial charge in [-0.05, 0) is 48.8 Å². The van der Waals surface area contributed by atoms with Crippen LogP contribution in [0.4, 0.5) is 0 Å². The lowest BCUT2D eigenvalue weighted by Crippen LogP contribution is -2.30. The van der Waals surface area contributed by atoms with Gasteiger partial charge in [0.1, 0.15) is 0 Å². The first kappa shape index (κ1) is 15.8. The zero-order valence-corrected chi connectivity index (χ0v) is 13.6. The summed E-state index contributed by atoms with van der Waals surface area (Å²) in [5.41, 5.74) is 1.23. The van der Waals surface area contributed by atoms with E-state index in [2.05, 4.69) is 20.8 Å². The second-order valence-electron chi connectivity index (χ2n) is 6.07. The van der Waals surface area contributed by atoms with Crippen LogP contribution in [0.5, 0.6) is 0 Å². The quantitative estimate of drug-likeness (QED) is 0.748. The van der Waals surface area contributed by atoms with Gasteiger partial charge in [-0.1, -0.05) is 32.9 Å². The second kappa shape index (κ2) is 6.48. The minimum absolute atomic E-state index is 0.462. The first-order valence-electron chi connectivity index (χ1n) is 7.58. The van der Waals surface area contributed by atoms with E-state index < -0.39 is 10.8 Å². The molecule has 0 spiro atoms. The van der Waals surface area contributed by atoms with Crippen molar-refractivity contribution in [2.45, 2.75) is 50.8 Å². The molecule has 2 N–H and O–H groups in total. The molecule has 1 fully saturated rings. The normalized spacial score (nSPS) is 16.9. The van der Waals surface area contributed by atoms with Gasteiger partial charge in [-0.2, -0.15) is 0 Å². The van der Waals surface area contributed by atoms with E-state index in [1.807, 2.05) is 28.6 Å². The lowest BCUT2D eigenvalue weighted by atomic mass is 10.0. The fourth-order valence-corrected chi connectivity index (χ4v) is 4.00. The van der Waals surface area contributed by atoms with E-state index >= 15 is 0 Å². The zero-order chi connectivity index (χ0) is 14.8. The van der Waals surface area contributed by atoms with Gasteiger partial charge in [-0.25, -0.2) is 4.31 Å². The highest BCUT2D eigenvalue weighted by Gasteiger charge is 2.31. The molecule has 0 amide bonds. The maximum Gasteiger partial charge on any atom is 0.0752 e. The predicted molar refractivity (Wildman–Crippen MR) is 86.2 cm³/mol. The van der Waals surface area contributed by atoms with Crippen molar-refractivity contribution in [3.63, 3.8) is 0 Å². The van der Waals surface area contributed by atoms with Crippen LogP contribution in [0, 0.1) is 5.92 Å². The van der Waals surface area contributed by atoms with E-state index in [4.69, 9.17) is 0 Å². The molecule has 4 heteroatoms. The summed E-state index contributed by atoms with van der Waals surface area (Å²) in [5.74, 6) is 1.12. The van der Waals surface area contributed by atoms with Gasteiger partial charge in [0.05, 0.1) is 4.90 Å². The van der Waals surface area contributed by atoms with E-state index in [0.29, 0.717) is 16.7 Å². The third-order valence-electron chi connectivity index (χ3n) is 3.85. The molecule has 0 unspecified atom stereocenters. The molecule has 0 aliphatic heterocycles. The van der Waals surface area contributed by atoms with Crippen LogP contribution in [0.2, 0.25) is 0 Å². The Bertz CT molecular complexity index is 427. The Balaban J connectivity index is 2.16. The van der Waals surface area contributed by atoms with E-state index in [0.717, 1.165) is 19.5 Å². The molecule has 1 aromatic rings. The number of rotatable bonds is 7. The molecule has 0 aromatic heterocycles. The van der Waals surface area contributed by atoms with Crippen molar-refractivity contribution in [1.82, 2.24) is 4.31 Å². The molecular weight excluding hydrogens is 270 g/mol. The first-order chi connectivity index (χ1) is 9.45. The molecule has 1 aromatic carbocycles. The SMILES string of the molecule is CCCN(CC1CC1)S(O)(O)c1ccc(C(C)C)cc1. The predicted octanol–water partition coefficient (Wildman–Crippen LogP) is 4.96. The molecule has 2 rings (SSSR count). The lowest BCUT2D eigenvalue weighted by Gasteiger charge is -2.43. The van der Waals surface area contributed by atoms with Crippen LogP contribution in [-0.4, -0.2) is 26.5 Å². The van der Waals surface area contributed by atoms with E-state index in [-0.39, 0.29) is 0 Å². The topological polar surface area (TPSA) is 43.7 Å². The number of benzene rings is 1. The monoisotopic (exact) mass is 297 g/mol. The smallest absolute Gasteiger partial charge is 0.0752 e. The van der Waals surface area contributed by atoms with Crippen molar-refractivity contribution in [2.75, 3.05) is 13.1 Å². The molecule has 0 atom stereocenters. The summed E-state index contributed by atoms with van der Waals surface area (Å²) in [6, 6.07) is 7.77. The fourth-order valence-electron chi connectivity index (χ4n) is 2.34. The van der Waals surface area contributed by atoms with Crippen LogP contribution in [0.15, 0.2) is 29.2 Å². The summed E-state index contributed by atoms with van der Waals surface area (Å²) in [4.78, 5) is 0.649. The van der Waals surface area contributed by atoms with Crippen molar-refractivity contribution in [3.05, 3.63) is 29.8 Å².